The number of benzene rings is 3. The van der Waals surface area contributed by atoms with E-state index in [-0.39, 0.29) is 27.6 Å². The highest BCUT2D eigenvalue weighted by molar-refractivity contribution is 7.92. The Kier molecular flexibility index (Phi) is 6.31. The fourth-order valence-corrected chi connectivity index (χ4v) is 4.75. The van der Waals surface area contributed by atoms with Gasteiger partial charge in [-0.15, -0.1) is 10.2 Å². The molecule has 1 aliphatic carbocycles. The standard InChI is InChI=1S/C24H20ClN3O4S/c1-15-9-11-18(12-10-15)33(31,32)28-21-14-22(23(29)20-8-3-2-7-19(20)21)26-27-24(30)16-5-4-6-17(25)13-16/h2-6,9-14,28-29H,7-8H2,1H3. The number of aromatic hydroxyl groups is 1. The van der Waals surface area contributed by atoms with Gasteiger partial charge in [-0.3, -0.25) is 9.52 Å². The van der Waals surface area contributed by atoms with Gasteiger partial charge in [-0.05, 0) is 61.7 Å². The van der Waals surface area contributed by atoms with Gasteiger partial charge in [0.25, 0.3) is 15.9 Å². The number of aryl methyl sites for hydroxylation is 1. The van der Waals surface area contributed by atoms with Crippen LogP contribution in [0, 0.1) is 6.92 Å². The molecule has 0 fully saturated rings. The van der Waals surface area contributed by atoms with Crippen molar-refractivity contribution in [2.45, 2.75) is 24.7 Å². The number of sulfonamides is 1. The van der Waals surface area contributed by atoms with Crippen molar-refractivity contribution in [3.8, 4) is 5.75 Å². The number of nitrogens with one attached hydrogen (secondary N) is 1. The van der Waals surface area contributed by atoms with E-state index in [0.29, 0.717) is 29.0 Å². The normalized spacial score (nSPS) is 13.2. The molecule has 0 aliphatic heterocycles. The van der Waals surface area contributed by atoms with E-state index in [4.69, 9.17) is 11.6 Å². The second-order valence-electron chi connectivity index (χ2n) is 7.56. The number of carbonyl (C=O) groups is 1. The van der Waals surface area contributed by atoms with Crippen molar-refractivity contribution in [3.05, 3.63) is 94.0 Å². The molecule has 1 aliphatic rings. The zero-order chi connectivity index (χ0) is 23.6. The highest BCUT2D eigenvalue weighted by atomic mass is 35.5. The van der Waals surface area contributed by atoms with Crippen molar-refractivity contribution in [1.29, 1.82) is 0 Å². The maximum absolute atomic E-state index is 13.0. The fourth-order valence-electron chi connectivity index (χ4n) is 3.47. The largest absolute Gasteiger partial charge is 0.505 e. The van der Waals surface area contributed by atoms with E-state index in [9.17, 15) is 18.3 Å². The highest BCUT2D eigenvalue weighted by Crippen LogP contribution is 2.41. The van der Waals surface area contributed by atoms with E-state index < -0.39 is 15.9 Å². The lowest BCUT2D eigenvalue weighted by atomic mass is 9.93. The summed E-state index contributed by atoms with van der Waals surface area (Å²) in [4.78, 5) is 12.5. The van der Waals surface area contributed by atoms with Gasteiger partial charge in [0.15, 0.2) is 0 Å². The van der Waals surface area contributed by atoms with Crippen LogP contribution in [0.25, 0.3) is 0 Å². The van der Waals surface area contributed by atoms with Crippen LogP contribution in [-0.4, -0.2) is 19.4 Å². The number of phenols is 1. The van der Waals surface area contributed by atoms with Gasteiger partial charge < -0.3 is 5.11 Å². The molecule has 3 aromatic rings. The Morgan fingerprint density at radius 2 is 1.73 bits per heavy atom. The quantitative estimate of drug-likeness (QED) is 0.275. The summed E-state index contributed by atoms with van der Waals surface area (Å²) in [5.41, 5.74) is 2.62. The van der Waals surface area contributed by atoms with Gasteiger partial charge in [0.2, 0.25) is 0 Å². The number of hydrogen-bond donors (Lipinski definition) is 2. The molecule has 2 N–H and O–H groups in total. The van der Waals surface area contributed by atoms with Crippen LogP contribution in [0.3, 0.4) is 0 Å². The average molecular weight is 482 g/mol. The minimum absolute atomic E-state index is 0.0129. The van der Waals surface area contributed by atoms with E-state index in [2.05, 4.69) is 15.0 Å². The molecule has 0 bridgehead atoms. The molecular formula is C24H20ClN3O4S. The first-order chi connectivity index (χ1) is 15.7. The number of phenolic OH excluding ortho intramolecular Hbond substituents is 1. The molecule has 33 heavy (non-hydrogen) atoms. The number of fused-ring (bicyclic) bond motifs is 1. The minimum atomic E-state index is -3.88. The average Bonchev–Trinajstić information content (AvgIpc) is 2.80. The van der Waals surface area contributed by atoms with Crippen molar-refractivity contribution in [3.63, 3.8) is 0 Å². The number of amides is 1. The number of rotatable bonds is 5. The van der Waals surface area contributed by atoms with Gasteiger partial charge in [0, 0.05) is 16.1 Å². The first-order valence-corrected chi connectivity index (χ1v) is 11.9. The molecule has 7 nitrogen and oxygen atoms in total. The maximum atomic E-state index is 13.0. The molecule has 0 heterocycles. The predicted molar refractivity (Wildman–Crippen MR) is 127 cm³/mol. The summed E-state index contributed by atoms with van der Waals surface area (Å²) in [7, 11) is -3.88. The summed E-state index contributed by atoms with van der Waals surface area (Å²) in [6.45, 7) is 1.87. The lowest BCUT2D eigenvalue weighted by Gasteiger charge is -2.20. The molecule has 4 rings (SSSR count). The van der Waals surface area contributed by atoms with Crippen molar-refractivity contribution < 1.29 is 18.3 Å². The first kappa shape index (κ1) is 22.7. The summed E-state index contributed by atoms with van der Waals surface area (Å²) in [5.74, 6) is -0.786. The number of nitrogens with zero attached hydrogens (tertiary/aromatic N) is 2. The van der Waals surface area contributed by atoms with Gasteiger partial charge in [0.1, 0.15) is 11.4 Å². The number of carbonyl (C=O) groups excluding carboxylic acids is 1. The lowest BCUT2D eigenvalue weighted by molar-refractivity contribution is 0.0995. The molecular weight excluding hydrogens is 462 g/mol. The second-order valence-corrected chi connectivity index (χ2v) is 9.68. The molecule has 0 saturated heterocycles. The zero-order valence-corrected chi connectivity index (χ0v) is 19.2. The smallest absolute Gasteiger partial charge is 0.295 e. The molecule has 9 heteroatoms. The molecule has 0 saturated carbocycles. The zero-order valence-electron chi connectivity index (χ0n) is 17.6. The topological polar surface area (TPSA) is 108 Å². The molecule has 168 valence electrons. The minimum Gasteiger partial charge on any atom is -0.505 e. The van der Waals surface area contributed by atoms with Crippen LogP contribution >= 0.6 is 11.6 Å². The second kappa shape index (κ2) is 9.17. The van der Waals surface area contributed by atoms with Crippen LogP contribution in [0.1, 0.15) is 27.0 Å². The summed E-state index contributed by atoms with van der Waals surface area (Å²) in [6, 6.07) is 14.1. The Morgan fingerprint density at radius 1 is 1.03 bits per heavy atom. The third kappa shape index (κ3) is 4.97. The van der Waals surface area contributed by atoms with Crippen molar-refractivity contribution in [2.75, 3.05) is 4.72 Å². The van der Waals surface area contributed by atoms with E-state index in [1.807, 2.05) is 19.1 Å². The third-order valence-corrected chi connectivity index (χ3v) is 6.82. The lowest BCUT2D eigenvalue weighted by Crippen LogP contribution is -2.15. The van der Waals surface area contributed by atoms with E-state index in [1.54, 1.807) is 30.3 Å². The van der Waals surface area contributed by atoms with Crippen LogP contribution in [-0.2, 0) is 22.9 Å². The van der Waals surface area contributed by atoms with Crippen LogP contribution in [0.15, 0.2) is 81.9 Å². The maximum Gasteiger partial charge on any atom is 0.295 e. The molecule has 0 atom stereocenters. The predicted octanol–water partition coefficient (Wildman–Crippen LogP) is 5.73. The van der Waals surface area contributed by atoms with E-state index >= 15 is 0 Å². The first-order valence-electron chi connectivity index (χ1n) is 10.1. The number of hydrogen-bond acceptors (Lipinski definition) is 5. The molecule has 0 radical (unpaired) electrons. The number of anilines is 1. The van der Waals surface area contributed by atoms with Gasteiger partial charge in [-0.1, -0.05) is 47.5 Å². The molecule has 0 spiro atoms. The van der Waals surface area contributed by atoms with E-state index in [0.717, 1.165) is 5.56 Å². The van der Waals surface area contributed by atoms with Gasteiger partial charge >= 0.3 is 0 Å². The molecule has 1 amide bonds. The Hall–Kier alpha value is -3.49. The third-order valence-electron chi connectivity index (χ3n) is 5.21. The highest BCUT2D eigenvalue weighted by Gasteiger charge is 2.23. The summed E-state index contributed by atoms with van der Waals surface area (Å²) < 4.78 is 28.5. The van der Waals surface area contributed by atoms with Gasteiger partial charge in [-0.2, -0.15) is 0 Å². The van der Waals surface area contributed by atoms with Crippen molar-refractivity contribution >= 4 is 38.9 Å². The number of allylic oxidation sites excluding steroid dienone is 2. The van der Waals surface area contributed by atoms with E-state index in [1.165, 1.54) is 24.3 Å². The summed E-state index contributed by atoms with van der Waals surface area (Å²) >= 11 is 5.92. The fraction of sp³-hybridized carbons (Fsp3) is 0.125. The Bertz CT molecular complexity index is 1400. The number of halogens is 1. The van der Waals surface area contributed by atoms with Crippen LogP contribution in [0.5, 0.6) is 5.75 Å². The van der Waals surface area contributed by atoms with Crippen LogP contribution in [0.2, 0.25) is 5.02 Å². The molecule has 0 unspecified atom stereocenters. The van der Waals surface area contributed by atoms with Crippen LogP contribution in [0.4, 0.5) is 11.4 Å². The van der Waals surface area contributed by atoms with Gasteiger partial charge in [-0.25, -0.2) is 8.42 Å². The summed E-state index contributed by atoms with van der Waals surface area (Å²) in [6.07, 6.45) is 4.60. The van der Waals surface area contributed by atoms with Crippen LogP contribution < -0.4 is 4.72 Å². The Balaban J connectivity index is 1.72. The Morgan fingerprint density at radius 3 is 2.42 bits per heavy atom. The molecule has 0 aromatic heterocycles. The van der Waals surface area contributed by atoms with Crippen molar-refractivity contribution in [2.24, 2.45) is 10.2 Å². The SMILES string of the molecule is Cc1ccc(S(=O)(=O)Nc2cc(N=NC(=O)c3cccc(Cl)c3)c(O)c3c2CC=CC3)cc1. The number of azo groups is 1. The Labute approximate surface area is 196 Å². The van der Waals surface area contributed by atoms with Gasteiger partial charge in [0.05, 0.1) is 10.6 Å². The summed E-state index contributed by atoms with van der Waals surface area (Å²) in [5, 5.41) is 18.7. The molecule has 3 aromatic carbocycles. The van der Waals surface area contributed by atoms with Crippen molar-refractivity contribution in [1.82, 2.24) is 0 Å². The monoisotopic (exact) mass is 481 g/mol.